The minimum Gasteiger partial charge on any atom is -0.300 e. The normalized spacial score (nSPS) is 11.2. The standard InChI is InChI=1S/C37H44N2O/c40-37(25-13-15-27-38(29-33-17-5-1-6-18-33)30-34-19-7-2-8-20-34)26-14-16-28-39(31-35-21-9-3-10-22-35)32-36-23-11-4-12-24-36/h1-12,17-24H,13-16,25-32H2. The molecule has 0 radical (unpaired) electrons. The number of hydrogen-bond donors (Lipinski definition) is 0. The van der Waals surface area contributed by atoms with E-state index in [0.717, 1.165) is 65.0 Å². The summed E-state index contributed by atoms with van der Waals surface area (Å²) in [7, 11) is 0. The second-order valence-electron chi connectivity index (χ2n) is 10.8. The number of benzene rings is 4. The van der Waals surface area contributed by atoms with Gasteiger partial charge in [0.15, 0.2) is 0 Å². The maximum atomic E-state index is 12.7. The van der Waals surface area contributed by atoms with Crippen LogP contribution >= 0.6 is 0 Å². The highest BCUT2D eigenvalue weighted by Crippen LogP contribution is 2.14. The van der Waals surface area contributed by atoms with Gasteiger partial charge in [-0.3, -0.25) is 14.6 Å². The van der Waals surface area contributed by atoms with Crippen molar-refractivity contribution in [3.8, 4) is 0 Å². The van der Waals surface area contributed by atoms with Crippen molar-refractivity contribution >= 4 is 5.78 Å². The van der Waals surface area contributed by atoms with Crippen LogP contribution in [-0.2, 0) is 31.0 Å². The predicted molar refractivity (Wildman–Crippen MR) is 167 cm³/mol. The van der Waals surface area contributed by atoms with E-state index in [1.54, 1.807) is 0 Å². The molecule has 0 aliphatic carbocycles. The minimum atomic E-state index is 0.412. The lowest BCUT2D eigenvalue weighted by Gasteiger charge is -2.23. The molecule has 208 valence electrons. The van der Waals surface area contributed by atoms with Crippen LogP contribution in [0.15, 0.2) is 121 Å². The molecule has 0 saturated carbocycles. The second kappa shape index (κ2) is 17.2. The molecule has 0 aromatic heterocycles. The van der Waals surface area contributed by atoms with E-state index in [9.17, 15) is 4.79 Å². The lowest BCUT2D eigenvalue weighted by molar-refractivity contribution is -0.119. The van der Waals surface area contributed by atoms with Crippen molar-refractivity contribution in [3.05, 3.63) is 144 Å². The summed E-state index contributed by atoms with van der Waals surface area (Å²) < 4.78 is 0. The van der Waals surface area contributed by atoms with Crippen molar-refractivity contribution in [1.29, 1.82) is 0 Å². The van der Waals surface area contributed by atoms with Crippen LogP contribution in [0.4, 0.5) is 0 Å². The fourth-order valence-corrected chi connectivity index (χ4v) is 5.23. The number of hydrogen-bond acceptors (Lipinski definition) is 3. The van der Waals surface area contributed by atoms with E-state index < -0.39 is 0 Å². The Labute approximate surface area is 241 Å². The molecule has 4 aromatic carbocycles. The highest BCUT2D eigenvalue weighted by molar-refractivity contribution is 5.78. The van der Waals surface area contributed by atoms with E-state index in [2.05, 4.69) is 131 Å². The predicted octanol–water partition coefficient (Wildman–Crippen LogP) is 8.30. The first-order chi connectivity index (χ1) is 19.7. The van der Waals surface area contributed by atoms with Crippen LogP contribution in [0.1, 0.15) is 60.8 Å². The maximum Gasteiger partial charge on any atom is 0.132 e. The Morgan fingerprint density at radius 1 is 0.400 bits per heavy atom. The Morgan fingerprint density at radius 3 is 0.950 bits per heavy atom. The molecule has 0 unspecified atom stereocenters. The number of nitrogens with zero attached hydrogens (tertiary/aromatic N) is 2. The van der Waals surface area contributed by atoms with Gasteiger partial charge >= 0.3 is 0 Å². The molecule has 4 rings (SSSR count). The SMILES string of the molecule is O=C(CCCCN(Cc1ccccc1)Cc1ccccc1)CCCCN(Cc1ccccc1)Cc1ccccc1. The van der Waals surface area contributed by atoms with Gasteiger partial charge < -0.3 is 0 Å². The van der Waals surface area contributed by atoms with Gasteiger partial charge in [-0.2, -0.15) is 0 Å². The molecule has 0 amide bonds. The van der Waals surface area contributed by atoms with Crippen molar-refractivity contribution in [1.82, 2.24) is 9.80 Å². The zero-order valence-electron chi connectivity index (χ0n) is 23.8. The van der Waals surface area contributed by atoms with Crippen LogP contribution in [0, 0.1) is 0 Å². The van der Waals surface area contributed by atoms with Crippen LogP contribution in [0.2, 0.25) is 0 Å². The summed E-state index contributed by atoms with van der Waals surface area (Å²) in [6.07, 6.45) is 5.42. The first-order valence-electron chi connectivity index (χ1n) is 14.9. The van der Waals surface area contributed by atoms with Gasteiger partial charge in [0.2, 0.25) is 0 Å². The Hall–Kier alpha value is -3.53. The summed E-state index contributed by atoms with van der Waals surface area (Å²) in [5.41, 5.74) is 5.34. The highest BCUT2D eigenvalue weighted by Gasteiger charge is 2.10. The van der Waals surface area contributed by atoms with Gasteiger partial charge in [-0.25, -0.2) is 0 Å². The van der Waals surface area contributed by atoms with E-state index >= 15 is 0 Å². The highest BCUT2D eigenvalue weighted by atomic mass is 16.1. The third kappa shape index (κ3) is 11.3. The molecule has 0 spiro atoms. The molecule has 4 aromatic rings. The van der Waals surface area contributed by atoms with Gasteiger partial charge in [0, 0.05) is 39.0 Å². The molecule has 0 aliphatic rings. The average Bonchev–Trinajstić information content (AvgIpc) is 2.99. The molecule has 0 fully saturated rings. The molecule has 3 nitrogen and oxygen atoms in total. The number of Topliss-reactive ketones (excluding diaryl/α,β-unsaturated/α-hetero) is 1. The Kier molecular flexibility index (Phi) is 12.7. The van der Waals surface area contributed by atoms with Crippen LogP contribution in [0.3, 0.4) is 0 Å². The van der Waals surface area contributed by atoms with Gasteiger partial charge in [0.25, 0.3) is 0 Å². The summed E-state index contributed by atoms with van der Waals surface area (Å²) in [6.45, 7) is 5.76. The molecule has 0 bridgehead atoms. The number of carbonyl (C=O) groups is 1. The Balaban J connectivity index is 1.16. The molecule has 0 atom stereocenters. The van der Waals surface area contributed by atoms with Gasteiger partial charge in [-0.05, 0) is 61.0 Å². The lowest BCUT2D eigenvalue weighted by Crippen LogP contribution is -2.24. The summed E-state index contributed by atoms with van der Waals surface area (Å²) in [4.78, 5) is 17.7. The zero-order valence-corrected chi connectivity index (χ0v) is 23.8. The Morgan fingerprint density at radius 2 is 0.675 bits per heavy atom. The molecular formula is C37H44N2O. The van der Waals surface area contributed by atoms with E-state index in [1.165, 1.54) is 22.3 Å². The molecular weight excluding hydrogens is 488 g/mol. The van der Waals surface area contributed by atoms with Gasteiger partial charge in [-0.1, -0.05) is 121 Å². The lowest BCUT2D eigenvalue weighted by atomic mass is 10.1. The first-order valence-corrected chi connectivity index (χ1v) is 14.9. The largest absolute Gasteiger partial charge is 0.300 e. The Bertz CT molecular complexity index is 1030. The van der Waals surface area contributed by atoms with E-state index in [0.29, 0.717) is 18.6 Å². The fraction of sp³-hybridized carbons (Fsp3) is 0.324. The summed E-state index contributed by atoms with van der Waals surface area (Å²) in [5.74, 6) is 0.412. The van der Waals surface area contributed by atoms with Crippen molar-refractivity contribution in [3.63, 3.8) is 0 Å². The summed E-state index contributed by atoms with van der Waals surface area (Å²) >= 11 is 0. The molecule has 3 heteroatoms. The third-order valence-electron chi connectivity index (χ3n) is 7.36. The number of unbranched alkanes of at least 4 members (excludes halogenated alkanes) is 2. The number of carbonyl (C=O) groups excluding carboxylic acids is 1. The average molecular weight is 533 g/mol. The van der Waals surface area contributed by atoms with Gasteiger partial charge in [-0.15, -0.1) is 0 Å². The smallest absolute Gasteiger partial charge is 0.132 e. The van der Waals surface area contributed by atoms with Crippen LogP contribution in [0.25, 0.3) is 0 Å². The number of ketones is 1. The summed E-state index contributed by atoms with van der Waals surface area (Å²) in [5, 5.41) is 0. The van der Waals surface area contributed by atoms with Crippen molar-refractivity contribution < 1.29 is 4.79 Å². The monoisotopic (exact) mass is 532 g/mol. The quantitative estimate of drug-likeness (QED) is 0.120. The fourth-order valence-electron chi connectivity index (χ4n) is 5.23. The summed E-state index contributed by atoms with van der Waals surface area (Å²) in [6, 6.07) is 42.7. The number of rotatable bonds is 18. The second-order valence-corrected chi connectivity index (χ2v) is 10.8. The van der Waals surface area contributed by atoms with Crippen LogP contribution in [-0.4, -0.2) is 28.7 Å². The van der Waals surface area contributed by atoms with Gasteiger partial charge in [0.05, 0.1) is 0 Å². The third-order valence-corrected chi connectivity index (χ3v) is 7.36. The van der Waals surface area contributed by atoms with E-state index in [4.69, 9.17) is 0 Å². The molecule has 40 heavy (non-hydrogen) atoms. The molecule has 0 N–H and O–H groups in total. The topological polar surface area (TPSA) is 23.6 Å². The first kappa shape index (κ1) is 29.5. The molecule has 0 heterocycles. The molecule has 0 saturated heterocycles. The maximum absolute atomic E-state index is 12.7. The van der Waals surface area contributed by atoms with Crippen molar-refractivity contribution in [2.24, 2.45) is 0 Å². The minimum absolute atomic E-state index is 0.412. The van der Waals surface area contributed by atoms with Crippen LogP contribution < -0.4 is 0 Å². The van der Waals surface area contributed by atoms with E-state index in [-0.39, 0.29) is 0 Å². The zero-order chi connectivity index (χ0) is 27.7. The van der Waals surface area contributed by atoms with Crippen LogP contribution in [0.5, 0.6) is 0 Å². The van der Waals surface area contributed by atoms with Gasteiger partial charge in [0.1, 0.15) is 5.78 Å². The van der Waals surface area contributed by atoms with Crippen molar-refractivity contribution in [2.75, 3.05) is 13.1 Å². The molecule has 0 aliphatic heterocycles. The van der Waals surface area contributed by atoms with Crippen molar-refractivity contribution in [2.45, 2.75) is 64.7 Å². The van der Waals surface area contributed by atoms with E-state index in [1.807, 2.05) is 0 Å².